The van der Waals surface area contributed by atoms with Gasteiger partial charge in [0, 0.05) is 50.7 Å². The fourth-order valence-electron chi connectivity index (χ4n) is 3.96. The van der Waals surface area contributed by atoms with Gasteiger partial charge in [-0.1, -0.05) is 79.1 Å². The summed E-state index contributed by atoms with van der Waals surface area (Å²) in [6, 6.07) is 19.0. The van der Waals surface area contributed by atoms with Crippen LogP contribution in [0, 0.1) is 6.92 Å². The van der Waals surface area contributed by atoms with E-state index in [2.05, 4.69) is 23.4 Å². The van der Waals surface area contributed by atoms with Crippen molar-refractivity contribution in [2.24, 2.45) is 0 Å². The van der Waals surface area contributed by atoms with Gasteiger partial charge in [0.15, 0.2) is 5.78 Å². The van der Waals surface area contributed by atoms with Gasteiger partial charge in [-0.25, -0.2) is 0 Å². The predicted molar refractivity (Wildman–Crippen MR) is 137 cm³/mol. The smallest absolute Gasteiger partial charge is 0.195 e. The highest BCUT2D eigenvalue weighted by Crippen LogP contribution is 2.42. The summed E-state index contributed by atoms with van der Waals surface area (Å²) >= 11 is 14.2. The van der Waals surface area contributed by atoms with Gasteiger partial charge >= 0.3 is 0 Å². The second-order valence-electron chi connectivity index (χ2n) is 8.18. The zero-order valence-electron chi connectivity index (χ0n) is 18.7. The van der Waals surface area contributed by atoms with Crippen molar-refractivity contribution in [2.75, 3.05) is 0 Å². The van der Waals surface area contributed by atoms with Crippen molar-refractivity contribution >= 4 is 40.7 Å². The van der Waals surface area contributed by atoms with E-state index in [4.69, 9.17) is 23.2 Å². The van der Waals surface area contributed by atoms with Crippen molar-refractivity contribution in [3.63, 3.8) is 0 Å². The Labute approximate surface area is 208 Å². The van der Waals surface area contributed by atoms with Gasteiger partial charge in [-0.2, -0.15) is 0 Å². The first kappa shape index (κ1) is 23.6. The van der Waals surface area contributed by atoms with Crippen molar-refractivity contribution in [1.29, 1.82) is 0 Å². The molecule has 0 fully saturated rings. The molecule has 2 heterocycles. The molecule has 6 heteroatoms. The molecule has 168 valence electrons. The third kappa shape index (κ3) is 5.19. The van der Waals surface area contributed by atoms with E-state index in [1.165, 1.54) is 0 Å². The lowest BCUT2D eigenvalue weighted by atomic mass is 9.94. The highest BCUT2D eigenvalue weighted by molar-refractivity contribution is 7.99. The summed E-state index contributed by atoms with van der Waals surface area (Å²) < 4.78 is 2.22. The molecule has 2 aromatic heterocycles. The lowest BCUT2D eigenvalue weighted by Crippen LogP contribution is -2.07. The zero-order chi connectivity index (χ0) is 23.5. The van der Waals surface area contributed by atoms with Crippen LogP contribution in [0.4, 0.5) is 0 Å². The molecule has 2 aromatic carbocycles. The van der Waals surface area contributed by atoms with Crippen molar-refractivity contribution in [3.8, 4) is 0 Å². The highest BCUT2D eigenvalue weighted by atomic mass is 35.5. The SMILES string of the molecule is Cc1c(C(=O)c2ccccc2)c(C(C)C)c(Sc2cc(Cl)cc(Cl)c2)n1Cc1ccncc1. The number of aromatic nitrogens is 2. The van der Waals surface area contributed by atoms with E-state index < -0.39 is 0 Å². The second kappa shape index (κ2) is 10.2. The number of hydrogen-bond donors (Lipinski definition) is 0. The molecule has 3 nitrogen and oxygen atoms in total. The molecule has 0 bridgehead atoms. The van der Waals surface area contributed by atoms with Crippen LogP contribution in [0.15, 0.2) is 83.0 Å². The zero-order valence-corrected chi connectivity index (χ0v) is 21.0. The molecule has 0 saturated carbocycles. The first-order valence-electron chi connectivity index (χ1n) is 10.7. The van der Waals surface area contributed by atoms with Crippen LogP contribution in [0.2, 0.25) is 10.0 Å². The number of ketones is 1. The average Bonchev–Trinajstić information content (AvgIpc) is 3.05. The molecular formula is C27H24Cl2N2OS. The van der Waals surface area contributed by atoms with Gasteiger partial charge in [0.25, 0.3) is 0 Å². The number of carbonyl (C=O) groups is 1. The molecule has 0 aliphatic carbocycles. The number of pyridine rings is 1. The third-order valence-corrected chi connectivity index (χ3v) is 7.03. The summed E-state index contributed by atoms with van der Waals surface area (Å²) in [5.74, 6) is 0.179. The summed E-state index contributed by atoms with van der Waals surface area (Å²) in [5, 5.41) is 2.19. The maximum atomic E-state index is 13.7. The van der Waals surface area contributed by atoms with E-state index in [1.807, 2.05) is 61.5 Å². The molecule has 0 aliphatic rings. The predicted octanol–water partition coefficient (Wildman–Crippen LogP) is 8.05. The van der Waals surface area contributed by atoms with Gasteiger partial charge in [-0.3, -0.25) is 9.78 Å². The van der Waals surface area contributed by atoms with Crippen molar-refractivity contribution in [3.05, 3.63) is 111 Å². The molecule has 0 spiro atoms. The first-order valence-corrected chi connectivity index (χ1v) is 12.3. The Balaban J connectivity index is 1.92. The number of nitrogens with zero attached hydrogens (tertiary/aromatic N) is 2. The first-order chi connectivity index (χ1) is 15.8. The number of hydrogen-bond acceptors (Lipinski definition) is 3. The summed E-state index contributed by atoms with van der Waals surface area (Å²) in [7, 11) is 0. The molecule has 0 radical (unpaired) electrons. The van der Waals surface area contributed by atoms with Crippen LogP contribution in [0.1, 0.15) is 52.5 Å². The summed E-state index contributed by atoms with van der Waals surface area (Å²) in [6.45, 7) is 6.91. The largest absolute Gasteiger partial charge is 0.335 e. The van der Waals surface area contributed by atoms with Crippen LogP contribution in [0.5, 0.6) is 0 Å². The van der Waals surface area contributed by atoms with Crippen LogP contribution in [0.3, 0.4) is 0 Å². The topological polar surface area (TPSA) is 34.9 Å². The lowest BCUT2D eigenvalue weighted by Gasteiger charge is -2.15. The van der Waals surface area contributed by atoms with Crippen LogP contribution < -0.4 is 0 Å². The molecule has 0 N–H and O–H groups in total. The van der Waals surface area contributed by atoms with Crippen molar-refractivity contribution in [2.45, 2.75) is 43.2 Å². The van der Waals surface area contributed by atoms with E-state index in [0.29, 0.717) is 22.2 Å². The fraction of sp³-hybridized carbons (Fsp3) is 0.185. The summed E-state index contributed by atoms with van der Waals surface area (Å²) in [5.41, 5.74) is 4.55. The van der Waals surface area contributed by atoms with Crippen LogP contribution in [0.25, 0.3) is 0 Å². The van der Waals surface area contributed by atoms with Crippen molar-refractivity contribution < 1.29 is 4.79 Å². The standard InChI is InChI=1S/C27H24Cl2N2OS/c1-17(2)24-25(26(32)20-7-5-4-6-8-20)18(3)31(16-19-9-11-30-12-10-19)27(24)33-23-14-21(28)13-22(29)15-23/h4-15,17H,16H2,1-3H3. The highest BCUT2D eigenvalue weighted by Gasteiger charge is 2.28. The Morgan fingerprint density at radius 3 is 2.24 bits per heavy atom. The molecule has 33 heavy (non-hydrogen) atoms. The van der Waals surface area contributed by atoms with Crippen LogP contribution in [-0.2, 0) is 6.54 Å². The molecule has 0 saturated heterocycles. The summed E-state index contributed by atoms with van der Waals surface area (Å²) in [4.78, 5) is 18.8. The normalized spacial score (nSPS) is 11.2. The summed E-state index contributed by atoms with van der Waals surface area (Å²) in [6.07, 6.45) is 3.58. The fourth-order valence-corrected chi connectivity index (χ4v) is 5.97. The van der Waals surface area contributed by atoms with Gasteiger partial charge < -0.3 is 4.57 Å². The molecule has 0 aliphatic heterocycles. The molecule has 4 aromatic rings. The molecular weight excluding hydrogens is 471 g/mol. The van der Waals surface area contributed by atoms with Gasteiger partial charge in [0.1, 0.15) is 0 Å². The number of rotatable bonds is 7. The molecule has 0 unspecified atom stereocenters. The maximum absolute atomic E-state index is 13.7. The number of carbonyl (C=O) groups excluding carboxylic acids is 1. The van der Waals surface area contributed by atoms with E-state index in [-0.39, 0.29) is 11.7 Å². The Morgan fingerprint density at radius 1 is 1.00 bits per heavy atom. The van der Waals surface area contributed by atoms with Gasteiger partial charge in [-0.15, -0.1) is 0 Å². The van der Waals surface area contributed by atoms with Crippen LogP contribution >= 0.6 is 35.0 Å². The van der Waals surface area contributed by atoms with Gasteiger partial charge in [0.2, 0.25) is 0 Å². The third-order valence-electron chi connectivity index (χ3n) is 5.49. The van der Waals surface area contributed by atoms with E-state index in [1.54, 1.807) is 30.2 Å². The maximum Gasteiger partial charge on any atom is 0.195 e. The number of halogens is 2. The number of benzene rings is 2. The minimum atomic E-state index is 0.0382. The van der Waals surface area contributed by atoms with E-state index in [9.17, 15) is 4.79 Å². The Morgan fingerprint density at radius 2 is 1.64 bits per heavy atom. The Hall–Kier alpha value is -2.53. The molecule has 0 atom stereocenters. The quantitative estimate of drug-likeness (QED) is 0.243. The monoisotopic (exact) mass is 494 g/mol. The van der Waals surface area contributed by atoms with Gasteiger partial charge in [0.05, 0.1) is 5.03 Å². The van der Waals surface area contributed by atoms with E-state index >= 15 is 0 Å². The van der Waals surface area contributed by atoms with Crippen LogP contribution in [-0.4, -0.2) is 15.3 Å². The molecule has 4 rings (SSSR count). The minimum absolute atomic E-state index is 0.0382. The average molecular weight is 495 g/mol. The molecule has 0 amide bonds. The Kier molecular flexibility index (Phi) is 7.28. The minimum Gasteiger partial charge on any atom is -0.335 e. The van der Waals surface area contributed by atoms with Gasteiger partial charge in [-0.05, 0) is 54.3 Å². The van der Waals surface area contributed by atoms with Crippen molar-refractivity contribution in [1.82, 2.24) is 9.55 Å². The van der Waals surface area contributed by atoms with E-state index in [0.717, 1.165) is 32.3 Å². The second-order valence-corrected chi connectivity index (χ2v) is 10.1. The Bertz CT molecular complexity index is 1260. The lowest BCUT2D eigenvalue weighted by molar-refractivity contribution is 0.103.